The van der Waals surface area contributed by atoms with Gasteiger partial charge in [0.05, 0.1) is 10.6 Å². The van der Waals surface area contributed by atoms with Gasteiger partial charge in [-0.15, -0.1) is 0 Å². The number of halogens is 2. The van der Waals surface area contributed by atoms with E-state index in [1.54, 1.807) is 6.20 Å². The lowest BCUT2D eigenvalue weighted by Gasteiger charge is -2.35. The molecule has 3 rings (SSSR count). The maximum atomic E-state index is 12.6. The molecule has 0 unspecified atom stereocenters. The summed E-state index contributed by atoms with van der Waals surface area (Å²) in [5.74, 6) is 1.01. The third-order valence-corrected chi connectivity index (χ3v) is 4.87. The Kier molecular flexibility index (Phi) is 4.83. The van der Waals surface area contributed by atoms with Crippen LogP contribution in [-0.2, 0) is 0 Å². The predicted octanol–water partition coefficient (Wildman–Crippen LogP) is 3.30. The Balaban J connectivity index is 1.65. The lowest BCUT2D eigenvalue weighted by molar-refractivity contribution is 0.0745. The van der Waals surface area contributed by atoms with Crippen LogP contribution in [0, 0.1) is 3.57 Å². The minimum absolute atomic E-state index is 0.105. The van der Waals surface area contributed by atoms with E-state index in [1.165, 1.54) is 0 Å². The van der Waals surface area contributed by atoms with Crippen molar-refractivity contribution in [3.8, 4) is 0 Å². The Morgan fingerprint density at radius 3 is 2.45 bits per heavy atom. The van der Waals surface area contributed by atoms with Gasteiger partial charge in [0.15, 0.2) is 0 Å². The number of piperazine rings is 1. The zero-order chi connectivity index (χ0) is 15.5. The van der Waals surface area contributed by atoms with Crippen LogP contribution in [0.4, 0.5) is 5.82 Å². The average Bonchev–Trinajstić information content (AvgIpc) is 2.56. The SMILES string of the molecule is O=C(c1ccccc1I)N1CCN(c2ccc(Cl)cn2)CC1. The number of hydrogen-bond donors (Lipinski definition) is 0. The number of anilines is 1. The summed E-state index contributed by atoms with van der Waals surface area (Å²) >= 11 is 8.07. The standard InChI is InChI=1S/C16H15ClIN3O/c17-12-5-6-15(19-11-12)20-7-9-21(10-8-20)16(22)13-3-1-2-4-14(13)18/h1-6,11H,7-10H2. The quantitative estimate of drug-likeness (QED) is 0.690. The van der Waals surface area contributed by atoms with Gasteiger partial charge in [0, 0.05) is 35.9 Å². The van der Waals surface area contributed by atoms with Crippen molar-refractivity contribution >= 4 is 45.9 Å². The van der Waals surface area contributed by atoms with Crippen LogP contribution >= 0.6 is 34.2 Å². The van der Waals surface area contributed by atoms with E-state index in [1.807, 2.05) is 41.3 Å². The van der Waals surface area contributed by atoms with E-state index in [0.717, 1.165) is 28.0 Å². The second-order valence-electron chi connectivity index (χ2n) is 5.09. The van der Waals surface area contributed by atoms with E-state index in [2.05, 4.69) is 32.5 Å². The summed E-state index contributed by atoms with van der Waals surface area (Å²) in [5, 5.41) is 0.635. The summed E-state index contributed by atoms with van der Waals surface area (Å²) < 4.78 is 0.992. The van der Waals surface area contributed by atoms with Crippen LogP contribution in [0.2, 0.25) is 5.02 Å². The molecule has 1 aliphatic heterocycles. The van der Waals surface area contributed by atoms with Gasteiger partial charge in [-0.3, -0.25) is 4.79 Å². The lowest BCUT2D eigenvalue weighted by atomic mass is 10.2. The molecule has 2 heterocycles. The number of benzene rings is 1. The monoisotopic (exact) mass is 427 g/mol. The van der Waals surface area contributed by atoms with Crippen molar-refractivity contribution in [1.29, 1.82) is 0 Å². The summed E-state index contributed by atoms with van der Waals surface area (Å²) in [5.41, 5.74) is 0.779. The topological polar surface area (TPSA) is 36.4 Å². The van der Waals surface area contributed by atoms with E-state index < -0.39 is 0 Å². The molecular weight excluding hydrogens is 413 g/mol. The Hall–Kier alpha value is -1.34. The summed E-state index contributed by atoms with van der Waals surface area (Å²) in [6, 6.07) is 11.5. The number of hydrogen-bond acceptors (Lipinski definition) is 3. The number of aromatic nitrogens is 1. The van der Waals surface area contributed by atoms with Crippen LogP contribution in [0.5, 0.6) is 0 Å². The number of amides is 1. The third-order valence-electron chi connectivity index (χ3n) is 3.71. The first-order valence-electron chi connectivity index (χ1n) is 7.05. The summed E-state index contributed by atoms with van der Waals surface area (Å²) in [6.07, 6.45) is 1.65. The molecule has 0 bridgehead atoms. The zero-order valence-corrected chi connectivity index (χ0v) is 14.8. The molecule has 0 spiro atoms. The number of nitrogens with zero attached hydrogens (tertiary/aromatic N) is 3. The number of carbonyl (C=O) groups is 1. The number of carbonyl (C=O) groups excluding carboxylic acids is 1. The Bertz CT molecular complexity index is 669. The van der Waals surface area contributed by atoms with E-state index in [9.17, 15) is 4.79 Å². The molecule has 0 N–H and O–H groups in total. The van der Waals surface area contributed by atoms with E-state index in [-0.39, 0.29) is 5.91 Å². The predicted molar refractivity (Wildman–Crippen MR) is 96.5 cm³/mol. The van der Waals surface area contributed by atoms with Gasteiger partial charge >= 0.3 is 0 Å². The Labute approximate surface area is 148 Å². The molecule has 1 aliphatic rings. The van der Waals surface area contributed by atoms with E-state index in [0.29, 0.717) is 18.1 Å². The van der Waals surface area contributed by atoms with E-state index in [4.69, 9.17) is 11.6 Å². The van der Waals surface area contributed by atoms with Crippen LogP contribution in [0.25, 0.3) is 0 Å². The van der Waals surface area contributed by atoms with Crippen LogP contribution < -0.4 is 4.90 Å². The highest BCUT2D eigenvalue weighted by molar-refractivity contribution is 14.1. The Morgan fingerprint density at radius 1 is 1.09 bits per heavy atom. The smallest absolute Gasteiger partial charge is 0.255 e. The van der Waals surface area contributed by atoms with Crippen molar-refractivity contribution in [3.05, 3.63) is 56.8 Å². The van der Waals surface area contributed by atoms with Gasteiger partial charge in [-0.2, -0.15) is 0 Å². The fraction of sp³-hybridized carbons (Fsp3) is 0.250. The second kappa shape index (κ2) is 6.83. The lowest BCUT2D eigenvalue weighted by Crippen LogP contribution is -2.49. The van der Waals surface area contributed by atoms with Gasteiger partial charge in [-0.05, 0) is 46.9 Å². The molecule has 1 amide bonds. The first kappa shape index (κ1) is 15.6. The van der Waals surface area contributed by atoms with Crippen molar-refractivity contribution in [3.63, 3.8) is 0 Å². The molecule has 6 heteroatoms. The minimum atomic E-state index is 0.105. The summed E-state index contributed by atoms with van der Waals surface area (Å²) in [4.78, 5) is 21.0. The Morgan fingerprint density at radius 2 is 1.82 bits per heavy atom. The van der Waals surface area contributed by atoms with Crippen molar-refractivity contribution in [2.45, 2.75) is 0 Å². The molecule has 0 atom stereocenters. The average molecular weight is 428 g/mol. The highest BCUT2D eigenvalue weighted by atomic mass is 127. The largest absolute Gasteiger partial charge is 0.353 e. The van der Waals surface area contributed by atoms with Crippen LogP contribution in [0.3, 0.4) is 0 Å². The third kappa shape index (κ3) is 3.35. The fourth-order valence-corrected chi connectivity index (χ4v) is 3.23. The number of rotatable bonds is 2. The molecule has 1 saturated heterocycles. The minimum Gasteiger partial charge on any atom is -0.353 e. The van der Waals surface area contributed by atoms with Gasteiger partial charge < -0.3 is 9.80 Å². The van der Waals surface area contributed by atoms with Crippen LogP contribution in [0.1, 0.15) is 10.4 Å². The van der Waals surface area contributed by atoms with Crippen molar-refractivity contribution in [2.75, 3.05) is 31.1 Å². The maximum Gasteiger partial charge on any atom is 0.255 e. The maximum absolute atomic E-state index is 12.6. The van der Waals surface area contributed by atoms with Gasteiger partial charge in [-0.1, -0.05) is 23.7 Å². The molecule has 0 saturated carbocycles. The van der Waals surface area contributed by atoms with Crippen LogP contribution in [0.15, 0.2) is 42.6 Å². The van der Waals surface area contributed by atoms with Crippen molar-refractivity contribution in [2.24, 2.45) is 0 Å². The molecular formula is C16H15ClIN3O. The molecule has 4 nitrogen and oxygen atoms in total. The van der Waals surface area contributed by atoms with Gasteiger partial charge in [0.25, 0.3) is 5.91 Å². The normalized spacial score (nSPS) is 15.0. The van der Waals surface area contributed by atoms with E-state index >= 15 is 0 Å². The fourth-order valence-electron chi connectivity index (χ4n) is 2.50. The highest BCUT2D eigenvalue weighted by Crippen LogP contribution is 2.19. The molecule has 1 aromatic carbocycles. The van der Waals surface area contributed by atoms with Crippen LogP contribution in [-0.4, -0.2) is 42.0 Å². The molecule has 114 valence electrons. The van der Waals surface area contributed by atoms with Crippen molar-refractivity contribution < 1.29 is 4.79 Å². The molecule has 0 aliphatic carbocycles. The molecule has 2 aromatic rings. The first-order valence-corrected chi connectivity index (χ1v) is 8.51. The summed E-state index contributed by atoms with van der Waals surface area (Å²) in [6.45, 7) is 2.97. The van der Waals surface area contributed by atoms with Gasteiger partial charge in [0.1, 0.15) is 5.82 Å². The van der Waals surface area contributed by atoms with Gasteiger partial charge in [-0.25, -0.2) is 4.98 Å². The second-order valence-corrected chi connectivity index (χ2v) is 6.69. The molecule has 1 aromatic heterocycles. The molecule has 1 fully saturated rings. The number of pyridine rings is 1. The van der Waals surface area contributed by atoms with Crippen molar-refractivity contribution in [1.82, 2.24) is 9.88 Å². The highest BCUT2D eigenvalue weighted by Gasteiger charge is 2.23. The molecule has 0 radical (unpaired) electrons. The van der Waals surface area contributed by atoms with Gasteiger partial charge in [0.2, 0.25) is 0 Å². The molecule has 22 heavy (non-hydrogen) atoms. The zero-order valence-electron chi connectivity index (χ0n) is 11.9. The first-order chi connectivity index (χ1) is 10.6. The summed E-state index contributed by atoms with van der Waals surface area (Å²) in [7, 11) is 0.